The van der Waals surface area contributed by atoms with Crippen molar-refractivity contribution in [2.45, 2.75) is 26.3 Å². The number of hydrogen-bond donors (Lipinski definition) is 1. The van der Waals surface area contributed by atoms with Crippen molar-refractivity contribution in [2.24, 2.45) is 7.05 Å². The Balaban J connectivity index is 2.30. The average molecular weight is 307 g/mol. The van der Waals surface area contributed by atoms with Crippen molar-refractivity contribution in [3.8, 4) is 0 Å². The van der Waals surface area contributed by atoms with E-state index in [1.807, 2.05) is 12.1 Å². The zero-order valence-electron chi connectivity index (χ0n) is 14.6. The van der Waals surface area contributed by atoms with Crippen molar-refractivity contribution in [3.05, 3.63) is 71.2 Å². The molecule has 0 bridgehead atoms. The van der Waals surface area contributed by atoms with Gasteiger partial charge in [0.25, 0.3) is 0 Å². The van der Waals surface area contributed by atoms with Gasteiger partial charge in [-0.3, -0.25) is 0 Å². The maximum atomic E-state index is 5.88. The molecular weight excluding hydrogens is 282 g/mol. The molecule has 0 saturated heterocycles. The van der Waals surface area contributed by atoms with Crippen LogP contribution >= 0.6 is 0 Å². The van der Waals surface area contributed by atoms with E-state index in [4.69, 9.17) is 5.73 Å². The molecule has 0 atom stereocenters. The molecule has 0 amide bonds. The molecule has 1 aliphatic heterocycles. The molecule has 0 aliphatic carbocycles. The highest BCUT2D eigenvalue weighted by Crippen LogP contribution is 2.40. The molecule has 2 aromatic rings. The van der Waals surface area contributed by atoms with Gasteiger partial charge in [0.05, 0.1) is 11.2 Å². The fourth-order valence-electron chi connectivity index (χ4n) is 3.39. The fourth-order valence-corrected chi connectivity index (χ4v) is 3.39. The molecule has 0 spiro atoms. The molecule has 0 unspecified atom stereocenters. The van der Waals surface area contributed by atoms with Crippen LogP contribution in [0.2, 0.25) is 0 Å². The summed E-state index contributed by atoms with van der Waals surface area (Å²) in [4.78, 5) is 2.36. The summed E-state index contributed by atoms with van der Waals surface area (Å²) < 4.78 is 2.17. The maximum Gasteiger partial charge on any atom is 0.0531 e. The second-order valence-corrected chi connectivity index (χ2v) is 6.89. The van der Waals surface area contributed by atoms with Gasteiger partial charge < -0.3 is 15.2 Å². The summed E-state index contributed by atoms with van der Waals surface area (Å²) in [6.07, 6.45) is 4.43. The molecule has 2 heterocycles. The quantitative estimate of drug-likeness (QED) is 0.850. The molecule has 1 aromatic heterocycles. The van der Waals surface area contributed by atoms with Gasteiger partial charge in [0.2, 0.25) is 0 Å². The van der Waals surface area contributed by atoms with E-state index < -0.39 is 0 Å². The SMILES string of the molecule is CC1=CC(C)(C)N(C)/C1=C(/c1ccc(N)cc1)c1cccn1C. The molecule has 3 heteroatoms. The van der Waals surface area contributed by atoms with Gasteiger partial charge in [-0.05, 0) is 56.2 Å². The van der Waals surface area contributed by atoms with Crippen molar-refractivity contribution in [3.63, 3.8) is 0 Å². The predicted molar refractivity (Wildman–Crippen MR) is 97.9 cm³/mol. The Morgan fingerprint density at radius 2 is 1.70 bits per heavy atom. The molecule has 3 rings (SSSR count). The van der Waals surface area contributed by atoms with Crippen LogP contribution in [0, 0.1) is 0 Å². The van der Waals surface area contributed by atoms with Crippen LogP contribution < -0.4 is 5.73 Å². The number of nitrogen functional groups attached to an aromatic ring is 1. The van der Waals surface area contributed by atoms with Crippen LogP contribution in [0.25, 0.3) is 5.57 Å². The highest BCUT2D eigenvalue weighted by Gasteiger charge is 2.33. The minimum absolute atomic E-state index is 0.0175. The van der Waals surface area contributed by atoms with Gasteiger partial charge in [-0.15, -0.1) is 0 Å². The Morgan fingerprint density at radius 3 is 2.17 bits per heavy atom. The predicted octanol–water partition coefficient (Wildman–Crippen LogP) is 4.04. The lowest BCUT2D eigenvalue weighted by molar-refractivity contribution is 0.288. The normalized spacial score (nSPS) is 19.0. The number of hydrogen-bond acceptors (Lipinski definition) is 2. The van der Waals surface area contributed by atoms with Crippen LogP contribution in [0.15, 0.2) is 59.9 Å². The largest absolute Gasteiger partial charge is 0.399 e. The summed E-state index contributed by atoms with van der Waals surface area (Å²) in [6.45, 7) is 6.69. The van der Waals surface area contributed by atoms with Gasteiger partial charge >= 0.3 is 0 Å². The van der Waals surface area contributed by atoms with Crippen LogP contribution in [0.3, 0.4) is 0 Å². The lowest BCUT2D eigenvalue weighted by Crippen LogP contribution is -2.34. The summed E-state index contributed by atoms with van der Waals surface area (Å²) in [5, 5.41) is 0. The van der Waals surface area contributed by atoms with Crippen LogP contribution in [-0.4, -0.2) is 22.1 Å². The molecular formula is C20H25N3. The number of aromatic nitrogens is 1. The third kappa shape index (κ3) is 2.56. The number of benzene rings is 1. The fraction of sp³-hybridized carbons (Fsp3) is 0.300. The Bertz CT molecular complexity index is 789. The van der Waals surface area contributed by atoms with Crippen molar-refractivity contribution in [1.82, 2.24) is 9.47 Å². The molecule has 0 saturated carbocycles. The van der Waals surface area contributed by atoms with E-state index in [1.54, 1.807) is 0 Å². The van der Waals surface area contributed by atoms with Gasteiger partial charge in [0, 0.05) is 37.2 Å². The maximum absolute atomic E-state index is 5.88. The van der Waals surface area contributed by atoms with Gasteiger partial charge in [-0.1, -0.05) is 18.2 Å². The second-order valence-electron chi connectivity index (χ2n) is 6.89. The molecule has 0 fully saturated rings. The first-order valence-corrected chi connectivity index (χ1v) is 7.97. The molecule has 1 aliphatic rings. The highest BCUT2D eigenvalue weighted by atomic mass is 15.2. The zero-order chi connectivity index (χ0) is 16.8. The van der Waals surface area contributed by atoms with Gasteiger partial charge in [-0.2, -0.15) is 0 Å². The topological polar surface area (TPSA) is 34.2 Å². The number of rotatable bonds is 2. The van der Waals surface area contributed by atoms with E-state index in [1.165, 1.54) is 28.1 Å². The molecule has 23 heavy (non-hydrogen) atoms. The first kappa shape index (κ1) is 15.5. The summed E-state index contributed by atoms with van der Waals surface area (Å²) >= 11 is 0. The van der Waals surface area contributed by atoms with E-state index in [9.17, 15) is 0 Å². The van der Waals surface area contributed by atoms with Crippen LogP contribution in [-0.2, 0) is 7.05 Å². The minimum atomic E-state index is 0.0175. The summed E-state index contributed by atoms with van der Waals surface area (Å²) in [7, 11) is 4.26. The van der Waals surface area contributed by atoms with Crippen molar-refractivity contribution in [2.75, 3.05) is 12.8 Å². The van der Waals surface area contributed by atoms with E-state index in [-0.39, 0.29) is 5.54 Å². The van der Waals surface area contributed by atoms with Crippen molar-refractivity contribution < 1.29 is 0 Å². The second kappa shape index (κ2) is 5.34. The number of likely N-dealkylation sites (N-methyl/N-ethyl adjacent to an activating group) is 1. The summed E-state index contributed by atoms with van der Waals surface area (Å²) in [5.41, 5.74) is 12.9. The van der Waals surface area contributed by atoms with Crippen molar-refractivity contribution >= 4 is 11.3 Å². The standard InChI is InChI=1S/C20H25N3/c1-14-13-20(2,3)23(5)19(14)18(17-7-6-12-22(17)4)15-8-10-16(21)11-9-15/h6-13H,21H2,1-5H3/b19-18-. The Labute approximate surface area is 138 Å². The number of allylic oxidation sites excluding steroid dienone is 1. The third-order valence-electron chi connectivity index (χ3n) is 4.78. The van der Waals surface area contributed by atoms with Crippen LogP contribution in [0.5, 0.6) is 0 Å². The number of anilines is 1. The van der Waals surface area contributed by atoms with E-state index in [2.05, 4.69) is 80.9 Å². The van der Waals surface area contributed by atoms with Gasteiger partial charge in [0.1, 0.15) is 0 Å². The minimum Gasteiger partial charge on any atom is -0.399 e. The number of nitrogens with zero attached hydrogens (tertiary/aromatic N) is 2. The smallest absolute Gasteiger partial charge is 0.0531 e. The Kier molecular flexibility index (Phi) is 3.59. The van der Waals surface area contributed by atoms with Gasteiger partial charge in [0.15, 0.2) is 0 Å². The molecule has 1 aromatic carbocycles. The lowest BCUT2D eigenvalue weighted by Gasteiger charge is -2.32. The zero-order valence-corrected chi connectivity index (χ0v) is 14.6. The van der Waals surface area contributed by atoms with Crippen LogP contribution in [0.4, 0.5) is 5.69 Å². The van der Waals surface area contributed by atoms with E-state index >= 15 is 0 Å². The molecule has 3 nitrogen and oxygen atoms in total. The molecule has 2 N–H and O–H groups in total. The Hall–Kier alpha value is -2.42. The molecule has 120 valence electrons. The summed E-state index contributed by atoms with van der Waals surface area (Å²) in [5.74, 6) is 0. The lowest BCUT2D eigenvalue weighted by atomic mass is 9.97. The van der Waals surface area contributed by atoms with Crippen molar-refractivity contribution in [1.29, 1.82) is 0 Å². The Morgan fingerprint density at radius 1 is 1.04 bits per heavy atom. The first-order chi connectivity index (χ1) is 10.8. The first-order valence-electron chi connectivity index (χ1n) is 7.97. The third-order valence-corrected chi connectivity index (χ3v) is 4.78. The highest BCUT2D eigenvalue weighted by molar-refractivity contribution is 5.84. The van der Waals surface area contributed by atoms with Crippen LogP contribution in [0.1, 0.15) is 32.0 Å². The van der Waals surface area contributed by atoms with E-state index in [0.717, 1.165) is 5.69 Å². The number of aryl methyl sites for hydroxylation is 1. The monoisotopic (exact) mass is 307 g/mol. The number of nitrogens with two attached hydrogens (primary N) is 1. The summed E-state index contributed by atoms with van der Waals surface area (Å²) in [6, 6.07) is 12.4. The van der Waals surface area contributed by atoms with Gasteiger partial charge in [-0.25, -0.2) is 0 Å². The van der Waals surface area contributed by atoms with E-state index in [0.29, 0.717) is 0 Å². The average Bonchev–Trinajstić information content (AvgIpc) is 2.98. The molecule has 0 radical (unpaired) electrons.